The third kappa shape index (κ3) is 5.09. The number of nitrogens with zero attached hydrogens (tertiary/aromatic N) is 2. The van der Waals surface area contributed by atoms with E-state index < -0.39 is 5.97 Å². The molecule has 2 aromatic rings. The highest BCUT2D eigenvalue weighted by Gasteiger charge is 2.15. The van der Waals surface area contributed by atoms with Crippen LogP contribution in [0.2, 0.25) is 0 Å². The minimum absolute atomic E-state index is 0.160. The Morgan fingerprint density at radius 1 is 1.38 bits per heavy atom. The highest BCUT2D eigenvalue weighted by Crippen LogP contribution is 2.31. The molecule has 0 unspecified atom stereocenters. The predicted molar refractivity (Wildman–Crippen MR) is 110 cm³/mol. The molecule has 1 aromatic carbocycles. The largest absolute Gasteiger partial charge is 0.492 e. The number of carboxylic acids is 1. The first-order valence-corrected chi connectivity index (χ1v) is 10.1. The van der Waals surface area contributed by atoms with Crippen molar-refractivity contribution in [1.29, 1.82) is 0 Å². The smallest absolute Gasteiger partial charge is 0.342 e. The van der Waals surface area contributed by atoms with Crippen molar-refractivity contribution in [3.8, 4) is 5.75 Å². The molecule has 0 amide bonds. The number of hydrogen-bond acceptors (Lipinski definition) is 5. The van der Waals surface area contributed by atoms with Crippen molar-refractivity contribution in [3.05, 3.63) is 35.6 Å². The maximum absolute atomic E-state index is 11.5. The van der Waals surface area contributed by atoms with Crippen molar-refractivity contribution >= 4 is 69.0 Å². The number of halogens is 2. The Balaban J connectivity index is 2.32. The summed E-state index contributed by atoms with van der Waals surface area (Å²) in [5.74, 6) is 0.538. The van der Waals surface area contributed by atoms with Crippen LogP contribution in [0.5, 0.6) is 5.75 Å². The van der Waals surface area contributed by atoms with Gasteiger partial charge in [0.25, 0.3) is 0 Å². The van der Waals surface area contributed by atoms with E-state index >= 15 is 0 Å². The number of aromatic nitrogens is 3. The van der Waals surface area contributed by atoms with Crippen molar-refractivity contribution in [2.75, 3.05) is 6.61 Å². The van der Waals surface area contributed by atoms with Crippen molar-refractivity contribution in [2.24, 2.45) is 0 Å². The number of carbonyl (C=O) groups is 1. The second-order valence-corrected chi connectivity index (χ2v) is 7.91. The van der Waals surface area contributed by atoms with Crippen LogP contribution in [-0.2, 0) is 11.2 Å². The van der Waals surface area contributed by atoms with Crippen LogP contribution in [0.4, 0.5) is 0 Å². The molecule has 0 radical (unpaired) electrons. The van der Waals surface area contributed by atoms with E-state index in [9.17, 15) is 9.90 Å². The van der Waals surface area contributed by atoms with Gasteiger partial charge in [0.2, 0.25) is 5.16 Å². The van der Waals surface area contributed by atoms with Crippen LogP contribution in [0.25, 0.3) is 6.08 Å². The summed E-state index contributed by atoms with van der Waals surface area (Å²) < 4.78 is 7.48. The summed E-state index contributed by atoms with van der Waals surface area (Å²) in [6.45, 7) is 4.47. The molecule has 0 aliphatic rings. The molecule has 0 aliphatic heterocycles. The number of ether oxygens (including phenoxy) is 1. The summed E-state index contributed by atoms with van der Waals surface area (Å²) in [7, 11) is 0. The SMILES string of the molecule is CCOc1c(I)cc(/C=C(\Sc2n[nH]c(CC)n2)C(=O)O)cc1I. The number of thioether (sulfide) groups is 1. The van der Waals surface area contributed by atoms with Gasteiger partial charge in [-0.15, -0.1) is 5.10 Å². The fourth-order valence-electron chi connectivity index (χ4n) is 1.81. The Hall–Kier alpha value is -0.820. The van der Waals surface area contributed by atoms with Gasteiger partial charge in [0.1, 0.15) is 16.5 Å². The average Bonchev–Trinajstić information content (AvgIpc) is 2.98. The van der Waals surface area contributed by atoms with Gasteiger partial charge in [0.05, 0.1) is 13.7 Å². The first kappa shape index (κ1) is 19.5. The molecule has 1 aromatic heterocycles. The van der Waals surface area contributed by atoms with Gasteiger partial charge in [-0.05, 0) is 87.6 Å². The van der Waals surface area contributed by atoms with E-state index in [4.69, 9.17) is 4.74 Å². The first-order valence-electron chi connectivity index (χ1n) is 7.10. The molecule has 0 spiro atoms. The predicted octanol–water partition coefficient (Wildman–Crippen LogP) is 4.19. The van der Waals surface area contributed by atoms with Crippen LogP contribution >= 0.6 is 56.9 Å². The van der Waals surface area contributed by atoms with Gasteiger partial charge < -0.3 is 9.84 Å². The monoisotopic (exact) mass is 571 g/mol. The minimum Gasteiger partial charge on any atom is -0.492 e. The minimum atomic E-state index is -1.01. The summed E-state index contributed by atoms with van der Waals surface area (Å²) in [5, 5.41) is 16.7. The molecule has 0 aliphatic carbocycles. The quantitative estimate of drug-likeness (QED) is 0.295. The number of rotatable bonds is 7. The average molecular weight is 571 g/mol. The Morgan fingerprint density at radius 3 is 2.54 bits per heavy atom. The molecule has 9 heteroatoms. The zero-order valence-corrected chi connectivity index (χ0v) is 18.1. The molecule has 2 rings (SSSR count). The molecule has 0 fully saturated rings. The third-order valence-electron chi connectivity index (χ3n) is 2.87. The zero-order valence-electron chi connectivity index (χ0n) is 13.0. The number of nitrogens with one attached hydrogen (secondary N) is 1. The number of hydrogen-bond donors (Lipinski definition) is 2. The highest BCUT2D eigenvalue weighted by molar-refractivity contribution is 14.1. The van der Waals surface area contributed by atoms with Gasteiger partial charge in [0.15, 0.2) is 0 Å². The van der Waals surface area contributed by atoms with Crippen LogP contribution in [-0.4, -0.2) is 32.9 Å². The normalized spacial score (nSPS) is 11.6. The lowest BCUT2D eigenvalue weighted by Crippen LogP contribution is -1.99. The van der Waals surface area contributed by atoms with E-state index in [2.05, 4.69) is 60.4 Å². The van der Waals surface area contributed by atoms with Crippen molar-refractivity contribution < 1.29 is 14.6 Å². The number of aryl methyl sites for hydroxylation is 1. The standard InChI is InChI=1S/C15H15I2N3O3S/c1-3-12-18-15(20-19-12)24-11(14(21)22)7-8-5-9(16)13(23-4-2)10(17)6-8/h5-7H,3-4H2,1-2H3,(H,21,22)(H,18,19,20)/b11-7-. The van der Waals surface area contributed by atoms with E-state index in [1.165, 1.54) is 0 Å². The maximum atomic E-state index is 11.5. The van der Waals surface area contributed by atoms with Gasteiger partial charge in [-0.25, -0.2) is 9.78 Å². The first-order chi connectivity index (χ1) is 11.4. The summed E-state index contributed by atoms with van der Waals surface area (Å²) >= 11 is 5.40. The van der Waals surface area contributed by atoms with Crippen LogP contribution in [0.1, 0.15) is 25.2 Å². The molecule has 0 saturated carbocycles. The molecule has 2 N–H and O–H groups in total. The van der Waals surface area contributed by atoms with Crippen molar-refractivity contribution in [3.63, 3.8) is 0 Å². The molecule has 6 nitrogen and oxygen atoms in total. The maximum Gasteiger partial charge on any atom is 0.342 e. The number of aliphatic carboxylic acids is 1. The van der Waals surface area contributed by atoms with Gasteiger partial charge >= 0.3 is 5.97 Å². The van der Waals surface area contributed by atoms with Gasteiger partial charge in [-0.1, -0.05) is 6.92 Å². The Kier molecular flexibility index (Phi) is 7.34. The summed E-state index contributed by atoms with van der Waals surface area (Å²) in [6.07, 6.45) is 2.34. The van der Waals surface area contributed by atoms with E-state index in [1.54, 1.807) is 6.08 Å². The second-order valence-electron chi connectivity index (χ2n) is 4.58. The van der Waals surface area contributed by atoms with Crippen molar-refractivity contribution in [1.82, 2.24) is 15.2 Å². The van der Waals surface area contributed by atoms with Crippen LogP contribution in [0.3, 0.4) is 0 Å². The molecule has 128 valence electrons. The topological polar surface area (TPSA) is 88.1 Å². The van der Waals surface area contributed by atoms with E-state index in [0.717, 1.165) is 42.5 Å². The lowest BCUT2D eigenvalue weighted by molar-refractivity contribution is -0.131. The fourth-order valence-corrected chi connectivity index (χ4v) is 4.67. The van der Waals surface area contributed by atoms with Gasteiger partial charge in [-0.2, -0.15) is 0 Å². The molecular formula is C15H15I2N3O3S. The summed E-state index contributed by atoms with van der Waals surface area (Å²) in [5.41, 5.74) is 0.795. The Bertz CT molecular complexity index is 754. The van der Waals surface area contributed by atoms with Gasteiger partial charge in [-0.3, -0.25) is 5.10 Å². The number of benzene rings is 1. The van der Waals surface area contributed by atoms with Crippen LogP contribution in [0, 0.1) is 7.14 Å². The molecule has 0 atom stereocenters. The van der Waals surface area contributed by atoms with Crippen LogP contribution < -0.4 is 4.74 Å². The fraction of sp³-hybridized carbons (Fsp3) is 0.267. The van der Waals surface area contributed by atoms with E-state index in [-0.39, 0.29) is 4.91 Å². The van der Waals surface area contributed by atoms with Crippen LogP contribution in [0.15, 0.2) is 22.2 Å². The number of H-pyrrole nitrogens is 1. The molecular weight excluding hydrogens is 556 g/mol. The molecule has 1 heterocycles. The Morgan fingerprint density at radius 2 is 2.04 bits per heavy atom. The molecule has 0 bridgehead atoms. The summed E-state index contributed by atoms with van der Waals surface area (Å²) in [4.78, 5) is 15.9. The lowest BCUT2D eigenvalue weighted by Gasteiger charge is -2.10. The number of carboxylic acid groups (broad SMARTS) is 1. The van der Waals surface area contributed by atoms with E-state index in [1.807, 2.05) is 26.0 Å². The summed E-state index contributed by atoms with van der Waals surface area (Å²) in [6, 6.07) is 3.79. The highest BCUT2D eigenvalue weighted by atomic mass is 127. The molecule has 24 heavy (non-hydrogen) atoms. The number of aromatic amines is 1. The Labute approximate surface area is 171 Å². The molecule has 0 saturated heterocycles. The van der Waals surface area contributed by atoms with Gasteiger partial charge in [0, 0.05) is 6.42 Å². The zero-order chi connectivity index (χ0) is 17.7. The lowest BCUT2D eigenvalue weighted by atomic mass is 10.2. The van der Waals surface area contributed by atoms with E-state index in [0.29, 0.717) is 11.8 Å². The third-order valence-corrected chi connectivity index (χ3v) is 5.35. The second kappa shape index (κ2) is 9.04. The van der Waals surface area contributed by atoms with Crippen molar-refractivity contribution in [2.45, 2.75) is 25.4 Å².